The molecule has 136 valence electrons. The zero-order chi connectivity index (χ0) is 17.7. The molecule has 0 radical (unpaired) electrons. The molecule has 2 bridgehead atoms. The second kappa shape index (κ2) is 5.96. The first-order chi connectivity index (χ1) is 11.9. The van der Waals surface area contributed by atoms with Crippen molar-refractivity contribution in [3.8, 4) is 0 Å². The monoisotopic (exact) mass is 342 g/mol. The smallest absolute Gasteiger partial charge is 0.225 e. The Labute approximate surface area is 150 Å². The molecule has 1 aromatic rings. The third-order valence-corrected chi connectivity index (χ3v) is 7.74. The van der Waals surface area contributed by atoms with E-state index >= 15 is 0 Å². The molecule has 5 heteroatoms. The topological polar surface area (TPSA) is 58.1 Å². The van der Waals surface area contributed by atoms with Crippen molar-refractivity contribution in [1.82, 2.24) is 15.3 Å². The van der Waals surface area contributed by atoms with Crippen molar-refractivity contribution in [2.24, 2.45) is 22.7 Å². The minimum absolute atomic E-state index is 0.0448. The lowest BCUT2D eigenvalue weighted by atomic mass is 9.69. The van der Waals surface area contributed by atoms with Crippen LogP contribution in [0.2, 0.25) is 0 Å². The van der Waals surface area contributed by atoms with Crippen molar-refractivity contribution in [3.05, 3.63) is 18.5 Å². The second-order valence-corrected chi connectivity index (χ2v) is 9.01. The Bertz CT molecular complexity index is 646. The number of carbonyl (C=O) groups excluding carboxylic acids is 1. The van der Waals surface area contributed by atoms with Crippen molar-refractivity contribution in [3.63, 3.8) is 0 Å². The number of rotatable bonds is 3. The summed E-state index contributed by atoms with van der Waals surface area (Å²) in [5.74, 6) is 1.77. The van der Waals surface area contributed by atoms with Crippen molar-refractivity contribution in [2.75, 3.05) is 18.0 Å². The number of nitrogens with one attached hydrogen (secondary N) is 1. The zero-order valence-electron chi connectivity index (χ0n) is 15.7. The van der Waals surface area contributed by atoms with Crippen LogP contribution in [0.25, 0.3) is 0 Å². The fraction of sp³-hybridized carbons (Fsp3) is 0.750. The van der Waals surface area contributed by atoms with Crippen molar-refractivity contribution in [2.45, 2.75) is 58.9 Å². The SMILES string of the molecule is CC1(C)[C@H]2CC[C@@]1(C)[C@@H](NC(=O)[C@H]1CCCN(c3ncccn3)C1)C2. The molecule has 0 spiro atoms. The van der Waals surface area contributed by atoms with Crippen LogP contribution in [-0.4, -0.2) is 35.0 Å². The molecule has 1 aromatic heterocycles. The highest BCUT2D eigenvalue weighted by molar-refractivity contribution is 5.80. The van der Waals surface area contributed by atoms with E-state index in [2.05, 4.69) is 41.0 Å². The molecule has 1 N–H and O–H groups in total. The molecule has 0 unspecified atom stereocenters. The van der Waals surface area contributed by atoms with E-state index in [1.54, 1.807) is 12.4 Å². The average molecular weight is 342 g/mol. The van der Waals surface area contributed by atoms with E-state index < -0.39 is 0 Å². The van der Waals surface area contributed by atoms with Gasteiger partial charge in [0.25, 0.3) is 0 Å². The van der Waals surface area contributed by atoms with Gasteiger partial charge in [0.1, 0.15) is 0 Å². The van der Waals surface area contributed by atoms with E-state index in [-0.39, 0.29) is 17.2 Å². The third kappa shape index (κ3) is 2.63. The van der Waals surface area contributed by atoms with E-state index in [1.165, 1.54) is 12.8 Å². The predicted molar refractivity (Wildman–Crippen MR) is 98.1 cm³/mol. The van der Waals surface area contributed by atoms with Crippen LogP contribution in [0, 0.1) is 22.7 Å². The Balaban J connectivity index is 1.42. The first kappa shape index (κ1) is 16.8. The van der Waals surface area contributed by atoms with Crippen LogP contribution in [0.3, 0.4) is 0 Å². The van der Waals surface area contributed by atoms with E-state index in [1.807, 2.05) is 6.07 Å². The van der Waals surface area contributed by atoms with Gasteiger partial charge in [-0.05, 0) is 54.9 Å². The number of hydrogen-bond donors (Lipinski definition) is 1. The van der Waals surface area contributed by atoms with Gasteiger partial charge in [-0.1, -0.05) is 20.8 Å². The molecular weight excluding hydrogens is 312 g/mol. The fourth-order valence-electron chi connectivity index (χ4n) is 5.54. The van der Waals surface area contributed by atoms with Crippen LogP contribution < -0.4 is 10.2 Å². The van der Waals surface area contributed by atoms with Gasteiger partial charge in [-0.2, -0.15) is 0 Å². The van der Waals surface area contributed by atoms with E-state index in [0.29, 0.717) is 11.5 Å². The molecule has 4 atom stereocenters. The Kier molecular flexibility index (Phi) is 4.00. The molecule has 2 saturated carbocycles. The summed E-state index contributed by atoms with van der Waals surface area (Å²) in [5, 5.41) is 3.44. The molecule has 1 saturated heterocycles. The maximum atomic E-state index is 13.0. The number of hydrogen-bond acceptors (Lipinski definition) is 4. The number of nitrogens with zero attached hydrogens (tertiary/aromatic N) is 3. The number of anilines is 1. The average Bonchev–Trinajstić information content (AvgIpc) is 2.96. The fourth-order valence-corrected chi connectivity index (χ4v) is 5.54. The highest BCUT2D eigenvalue weighted by atomic mass is 16.2. The van der Waals surface area contributed by atoms with Gasteiger partial charge in [-0.15, -0.1) is 0 Å². The summed E-state index contributed by atoms with van der Waals surface area (Å²) in [7, 11) is 0. The second-order valence-electron chi connectivity index (χ2n) is 9.01. The highest BCUT2D eigenvalue weighted by Gasteiger charge is 2.61. The molecule has 4 rings (SSSR count). The van der Waals surface area contributed by atoms with Gasteiger partial charge in [0.15, 0.2) is 0 Å². The summed E-state index contributed by atoms with van der Waals surface area (Å²) in [4.78, 5) is 23.8. The Hall–Kier alpha value is -1.65. The summed E-state index contributed by atoms with van der Waals surface area (Å²) < 4.78 is 0. The van der Waals surface area contributed by atoms with Gasteiger partial charge >= 0.3 is 0 Å². The van der Waals surface area contributed by atoms with Crippen LogP contribution in [0.4, 0.5) is 5.95 Å². The third-order valence-electron chi connectivity index (χ3n) is 7.74. The molecule has 1 aliphatic heterocycles. The van der Waals surface area contributed by atoms with Crippen molar-refractivity contribution >= 4 is 11.9 Å². The highest BCUT2D eigenvalue weighted by Crippen LogP contribution is 2.65. The maximum absolute atomic E-state index is 13.0. The van der Waals surface area contributed by atoms with E-state index in [9.17, 15) is 4.79 Å². The predicted octanol–water partition coefficient (Wildman–Crippen LogP) is 3.02. The quantitative estimate of drug-likeness (QED) is 0.917. The normalized spacial score (nSPS) is 36.4. The lowest BCUT2D eigenvalue weighted by Gasteiger charge is -2.40. The first-order valence-corrected chi connectivity index (χ1v) is 9.74. The minimum atomic E-state index is 0.0448. The van der Waals surface area contributed by atoms with Gasteiger partial charge in [-0.3, -0.25) is 4.79 Å². The van der Waals surface area contributed by atoms with Gasteiger partial charge in [-0.25, -0.2) is 9.97 Å². The molecule has 1 amide bonds. The molecule has 25 heavy (non-hydrogen) atoms. The number of fused-ring (bicyclic) bond motifs is 2. The molecular formula is C20H30N4O. The number of amides is 1. The van der Waals surface area contributed by atoms with Crippen LogP contribution in [0.1, 0.15) is 52.9 Å². The van der Waals surface area contributed by atoms with E-state index in [0.717, 1.165) is 44.2 Å². The van der Waals surface area contributed by atoms with Crippen molar-refractivity contribution < 1.29 is 4.79 Å². The number of carbonyl (C=O) groups is 1. The lowest BCUT2D eigenvalue weighted by molar-refractivity contribution is -0.127. The van der Waals surface area contributed by atoms with Crippen LogP contribution in [-0.2, 0) is 4.79 Å². The number of piperidine rings is 1. The number of aromatic nitrogens is 2. The minimum Gasteiger partial charge on any atom is -0.352 e. The Morgan fingerprint density at radius 3 is 2.64 bits per heavy atom. The van der Waals surface area contributed by atoms with Gasteiger partial charge < -0.3 is 10.2 Å². The van der Waals surface area contributed by atoms with Gasteiger partial charge in [0.05, 0.1) is 5.92 Å². The Morgan fingerprint density at radius 1 is 1.24 bits per heavy atom. The summed E-state index contributed by atoms with van der Waals surface area (Å²) in [6.45, 7) is 8.84. The molecule has 2 aliphatic carbocycles. The molecule has 3 aliphatic rings. The van der Waals surface area contributed by atoms with E-state index in [4.69, 9.17) is 0 Å². The molecule has 3 fully saturated rings. The molecule has 0 aromatic carbocycles. The van der Waals surface area contributed by atoms with Crippen LogP contribution in [0.5, 0.6) is 0 Å². The largest absolute Gasteiger partial charge is 0.352 e. The van der Waals surface area contributed by atoms with Crippen LogP contribution in [0.15, 0.2) is 18.5 Å². The summed E-state index contributed by atoms with van der Waals surface area (Å²) >= 11 is 0. The van der Waals surface area contributed by atoms with Crippen LogP contribution >= 0.6 is 0 Å². The standard InChI is InChI=1S/C20H30N4O/c1-19(2)15-7-8-20(19,3)16(12-15)23-17(25)14-6-4-11-24(13-14)18-21-9-5-10-22-18/h5,9-10,14-16H,4,6-8,11-13H2,1-3H3,(H,23,25)/t14-,15-,16-,20-/m0/s1. The molecule has 2 heterocycles. The molecule has 5 nitrogen and oxygen atoms in total. The summed E-state index contributed by atoms with van der Waals surface area (Å²) in [6.07, 6.45) is 9.22. The van der Waals surface area contributed by atoms with Gasteiger partial charge in [0.2, 0.25) is 11.9 Å². The van der Waals surface area contributed by atoms with Gasteiger partial charge in [0, 0.05) is 31.5 Å². The zero-order valence-corrected chi connectivity index (χ0v) is 15.7. The lowest BCUT2D eigenvalue weighted by Crippen LogP contribution is -2.51. The summed E-state index contributed by atoms with van der Waals surface area (Å²) in [6, 6.07) is 2.16. The maximum Gasteiger partial charge on any atom is 0.225 e. The van der Waals surface area contributed by atoms with Crippen molar-refractivity contribution in [1.29, 1.82) is 0 Å². The first-order valence-electron chi connectivity index (χ1n) is 9.74. The Morgan fingerprint density at radius 2 is 2.00 bits per heavy atom. The summed E-state index contributed by atoms with van der Waals surface area (Å²) in [5.41, 5.74) is 0.575.